The molecule has 3 N–H and O–H groups in total. The van der Waals surface area contributed by atoms with Gasteiger partial charge >= 0.3 is 6.03 Å². The Kier molecular flexibility index (Phi) is 5.06. The molecule has 0 radical (unpaired) electrons. The Hall–Kier alpha value is -2.04. The Morgan fingerprint density at radius 3 is 2.59 bits per heavy atom. The van der Waals surface area contributed by atoms with E-state index >= 15 is 0 Å². The van der Waals surface area contributed by atoms with Crippen LogP contribution in [0.25, 0.3) is 0 Å². The van der Waals surface area contributed by atoms with Gasteiger partial charge in [-0.2, -0.15) is 0 Å². The van der Waals surface area contributed by atoms with E-state index < -0.39 is 0 Å². The van der Waals surface area contributed by atoms with Gasteiger partial charge < -0.3 is 16.0 Å². The lowest BCUT2D eigenvalue weighted by atomic mass is 9.82. The first-order valence-electron chi connectivity index (χ1n) is 7.78. The summed E-state index contributed by atoms with van der Waals surface area (Å²) < 4.78 is 0. The topological polar surface area (TPSA) is 75.4 Å². The number of nitrogens with one attached hydrogen (secondary N) is 1. The standard InChI is InChI=1S/C17H25N3O2/c1-17(2,14-6-4-3-5-7-14)9-10-19-16(22)20-11-8-13(12-20)15(18)21/h3-7,13H,8-12H2,1-2H3,(H2,18,21)(H,19,22)/t13-/m0/s1. The maximum absolute atomic E-state index is 12.1. The number of likely N-dealkylation sites (tertiary alicyclic amines) is 1. The lowest BCUT2D eigenvalue weighted by Crippen LogP contribution is -2.40. The number of hydrogen-bond acceptors (Lipinski definition) is 2. The predicted molar refractivity (Wildman–Crippen MR) is 86.4 cm³/mol. The average Bonchev–Trinajstić information content (AvgIpc) is 2.98. The number of benzene rings is 1. The maximum atomic E-state index is 12.1. The van der Waals surface area contributed by atoms with E-state index in [0.29, 0.717) is 26.1 Å². The summed E-state index contributed by atoms with van der Waals surface area (Å²) in [6.07, 6.45) is 1.52. The first kappa shape index (κ1) is 16.3. The third-order valence-corrected chi connectivity index (χ3v) is 4.46. The van der Waals surface area contributed by atoms with E-state index in [0.717, 1.165) is 6.42 Å². The summed E-state index contributed by atoms with van der Waals surface area (Å²) in [7, 11) is 0. The highest BCUT2D eigenvalue weighted by molar-refractivity contribution is 5.80. The normalized spacial score (nSPS) is 18.3. The molecule has 0 saturated carbocycles. The van der Waals surface area contributed by atoms with Crippen molar-refractivity contribution in [2.45, 2.75) is 32.1 Å². The largest absolute Gasteiger partial charge is 0.369 e. The molecule has 1 saturated heterocycles. The van der Waals surface area contributed by atoms with Gasteiger partial charge in [-0.05, 0) is 23.8 Å². The minimum Gasteiger partial charge on any atom is -0.369 e. The number of nitrogens with zero attached hydrogens (tertiary/aromatic N) is 1. The fraction of sp³-hybridized carbons (Fsp3) is 0.529. The van der Waals surface area contributed by atoms with Crippen LogP contribution >= 0.6 is 0 Å². The molecule has 1 aliphatic heterocycles. The van der Waals surface area contributed by atoms with Crippen molar-refractivity contribution in [3.8, 4) is 0 Å². The van der Waals surface area contributed by atoms with Crippen LogP contribution in [0.2, 0.25) is 0 Å². The summed E-state index contributed by atoms with van der Waals surface area (Å²) in [4.78, 5) is 24.9. The van der Waals surface area contributed by atoms with Crippen molar-refractivity contribution in [3.63, 3.8) is 0 Å². The van der Waals surface area contributed by atoms with Crippen LogP contribution in [0.15, 0.2) is 30.3 Å². The van der Waals surface area contributed by atoms with Gasteiger partial charge in [-0.25, -0.2) is 4.79 Å². The second kappa shape index (κ2) is 6.81. The molecule has 0 bridgehead atoms. The molecule has 2 rings (SSSR count). The van der Waals surface area contributed by atoms with E-state index in [1.807, 2.05) is 18.2 Å². The molecule has 0 spiro atoms. The Labute approximate surface area is 131 Å². The summed E-state index contributed by atoms with van der Waals surface area (Å²) in [5, 5.41) is 2.94. The number of nitrogens with two attached hydrogens (primary N) is 1. The lowest BCUT2D eigenvalue weighted by molar-refractivity contribution is -0.121. The molecule has 0 unspecified atom stereocenters. The Morgan fingerprint density at radius 1 is 1.32 bits per heavy atom. The van der Waals surface area contributed by atoms with Gasteiger partial charge in [0.05, 0.1) is 5.92 Å². The van der Waals surface area contributed by atoms with Crippen LogP contribution in [0.1, 0.15) is 32.3 Å². The molecule has 120 valence electrons. The number of carbonyl (C=O) groups is 2. The zero-order valence-electron chi connectivity index (χ0n) is 13.3. The third-order valence-electron chi connectivity index (χ3n) is 4.46. The van der Waals surface area contributed by atoms with Gasteiger partial charge in [-0.3, -0.25) is 4.79 Å². The van der Waals surface area contributed by atoms with Gasteiger partial charge in [0.25, 0.3) is 0 Å². The summed E-state index contributed by atoms with van der Waals surface area (Å²) in [6.45, 7) is 5.99. The highest BCUT2D eigenvalue weighted by Crippen LogP contribution is 2.26. The number of rotatable bonds is 5. The zero-order valence-corrected chi connectivity index (χ0v) is 13.3. The monoisotopic (exact) mass is 303 g/mol. The van der Waals surface area contributed by atoms with Crippen molar-refractivity contribution in [1.29, 1.82) is 0 Å². The Bertz CT molecular complexity index is 528. The molecule has 22 heavy (non-hydrogen) atoms. The van der Waals surface area contributed by atoms with Gasteiger partial charge in [-0.1, -0.05) is 44.2 Å². The molecule has 0 aromatic heterocycles. The van der Waals surface area contributed by atoms with Gasteiger partial charge in [0.1, 0.15) is 0 Å². The minimum atomic E-state index is -0.319. The van der Waals surface area contributed by atoms with Crippen LogP contribution in [0.4, 0.5) is 4.79 Å². The minimum absolute atomic E-state index is 0.00924. The third kappa shape index (κ3) is 4.00. The van der Waals surface area contributed by atoms with Gasteiger partial charge in [-0.15, -0.1) is 0 Å². The van der Waals surface area contributed by atoms with E-state index in [-0.39, 0.29) is 23.3 Å². The SMILES string of the molecule is CC(C)(CCNC(=O)N1CC[C@H](C(N)=O)C1)c1ccccc1. The smallest absolute Gasteiger partial charge is 0.317 e. The molecule has 3 amide bonds. The van der Waals surface area contributed by atoms with Crippen LogP contribution in [0, 0.1) is 5.92 Å². The number of amides is 3. The second-order valence-corrected chi connectivity index (χ2v) is 6.57. The van der Waals surface area contributed by atoms with E-state index in [9.17, 15) is 9.59 Å². The molecule has 5 nitrogen and oxygen atoms in total. The number of primary amides is 1. The fourth-order valence-electron chi connectivity index (χ4n) is 2.80. The summed E-state index contributed by atoms with van der Waals surface area (Å²) >= 11 is 0. The van der Waals surface area contributed by atoms with Crippen molar-refractivity contribution >= 4 is 11.9 Å². The number of carbonyl (C=O) groups excluding carboxylic acids is 2. The molecule has 0 aliphatic carbocycles. The van der Waals surface area contributed by atoms with Crippen LogP contribution in [0.5, 0.6) is 0 Å². The van der Waals surface area contributed by atoms with Crippen molar-refractivity contribution in [1.82, 2.24) is 10.2 Å². The van der Waals surface area contributed by atoms with Crippen molar-refractivity contribution in [2.24, 2.45) is 11.7 Å². The summed E-state index contributed by atoms with van der Waals surface area (Å²) in [5.74, 6) is -0.521. The quantitative estimate of drug-likeness (QED) is 0.871. The Morgan fingerprint density at radius 2 is 2.00 bits per heavy atom. The highest BCUT2D eigenvalue weighted by Gasteiger charge is 2.29. The van der Waals surface area contributed by atoms with Crippen LogP contribution < -0.4 is 11.1 Å². The first-order chi connectivity index (χ1) is 10.4. The number of urea groups is 1. The van der Waals surface area contributed by atoms with Gasteiger partial charge in [0, 0.05) is 19.6 Å². The van der Waals surface area contributed by atoms with Crippen molar-refractivity contribution in [2.75, 3.05) is 19.6 Å². The van der Waals surface area contributed by atoms with Crippen molar-refractivity contribution in [3.05, 3.63) is 35.9 Å². The summed E-state index contributed by atoms with van der Waals surface area (Å²) in [6, 6.07) is 10.2. The maximum Gasteiger partial charge on any atom is 0.317 e. The molecule has 1 aromatic rings. The fourth-order valence-corrected chi connectivity index (χ4v) is 2.80. The molecule has 1 fully saturated rings. The van der Waals surface area contributed by atoms with Crippen LogP contribution in [-0.2, 0) is 10.2 Å². The lowest BCUT2D eigenvalue weighted by Gasteiger charge is -2.26. The second-order valence-electron chi connectivity index (χ2n) is 6.57. The van der Waals surface area contributed by atoms with Crippen LogP contribution in [-0.4, -0.2) is 36.5 Å². The van der Waals surface area contributed by atoms with Crippen molar-refractivity contribution < 1.29 is 9.59 Å². The predicted octanol–water partition coefficient (Wildman–Crippen LogP) is 1.87. The van der Waals surface area contributed by atoms with Gasteiger partial charge in [0.2, 0.25) is 5.91 Å². The molecule has 1 atom stereocenters. The number of hydrogen-bond donors (Lipinski definition) is 2. The van der Waals surface area contributed by atoms with Crippen LogP contribution in [0.3, 0.4) is 0 Å². The first-order valence-corrected chi connectivity index (χ1v) is 7.78. The molecule has 1 aromatic carbocycles. The van der Waals surface area contributed by atoms with E-state index in [1.54, 1.807) is 4.90 Å². The molecule has 1 aliphatic rings. The zero-order chi connectivity index (χ0) is 16.2. The average molecular weight is 303 g/mol. The molecule has 5 heteroatoms. The van der Waals surface area contributed by atoms with E-state index in [2.05, 4.69) is 31.3 Å². The summed E-state index contributed by atoms with van der Waals surface area (Å²) in [5.41, 5.74) is 6.56. The van der Waals surface area contributed by atoms with E-state index in [4.69, 9.17) is 5.73 Å². The molecular weight excluding hydrogens is 278 g/mol. The highest BCUT2D eigenvalue weighted by atomic mass is 16.2. The van der Waals surface area contributed by atoms with E-state index in [1.165, 1.54) is 5.56 Å². The molecule has 1 heterocycles. The van der Waals surface area contributed by atoms with Gasteiger partial charge in [0.15, 0.2) is 0 Å². The molecular formula is C17H25N3O2. The Balaban J connectivity index is 1.79.